The van der Waals surface area contributed by atoms with Gasteiger partial charge in [-0.2, -0.15) is 10.1 Å². The molecular weight excluding hydrogens is 258 g/mol. The highest BCUT2D eigenvalue weighted by molar-refractivity contribution is 5.99. The van der Waals surface area contributed by atoms with Gasteiger partial charge in [-0.15, -0.1) is 5.10 Å². The van der Waals surface area contributed by atoms with E-state index < -0.39 is 5.91 Å². The average molecular weight is 269 g/mol. The molecule has 0 aliphatic carbocycles. The molecule has 2 heterocycles. The molecule has 1 aromatic carbocycles. The largest absolute Gasteiger partial charge is 0.366 e. The highest BCUT2D eigenvalue weighted by atomic mass is 16.2. The number of benzene rings is 1. The number of H-pyrrole nitrogens is 2. The maximum absolute atomic E-state index is 11.6. The molecule has 0 radical (unpaired) electrons. The second kappa shape index (κ2) is 4.84. The summed E-state index contributed by atoms with van der Waals surface area (Å²) in [4.78, 5) is 18.4. The van der Waals surface area contributed by atoms with E-state index in [4.69, 9.17) is 5.73 Å². The number of aromatic amines is 2. The molecular formula is C12H11N7O. The molecule has 0 saturated heterocycles. The number of aromatic nitrogens is 4. The summed E-state index contributed by atoms with van der Waals surface area (Å²) in [5.41, 5.74) is 9.53. The molecule has 0 unspecified atom stereocenters. The number of fused-ring (bicyclic) bond motifs is 1. The Balaban J connectivity index is 1.73. The molecule has 0 saturated carbocycles. The van der Waals surface area contributed by atoms with Crippen molar-refractivity contribution in [2.75, 3.05) is 5.73 Å². The Morgan fingerprint density at radius 1 is 1.40 bits per heavy atom. The molecule has 0 spiro atoms. The molecule has 0 fully saturated rings. The third-order valence-corrected chi connectivity index (χ3v) is 2.71. The number of nitrogens with zero attached hydrogens (tertiary/aromatic N) is 3. The Kier molecular flexibility index (Phi) is 2.88. The van der Waals surface area contributed by atoms with Crippen LogP contribution >= 0.6 is 0 Å². The van der Waals surface area contributed by atoms with Crippen LogP contribution in [0.3, 0.4) is 0 Å². The molecule has 0 atom stereocenters. The minimum absolute atomic E-state index is 0.00996. The molecule has 3 aromatic rings. The Labute approximate surface area is 113 Å². The summed E-state index contributed by atoms with van der Waals surface area (Å²) in [6.07, 6.45) is 3.36. The van der Waals surface area contributed by atoms with Crippen LogP contribution in [0.4, 0.5) is 5.95 Å². The summed E-state index contributed by atoms with van der Waals surface area (Å²) < 4.78 is 0. The van der Waals surface area contributed by atoms with E-state index in [1.54, 1.807) is 6.21 Å². The number of anilines is 1. The summed E-state index contributed by atoms with van der Waals surface area (Å²) in [6.45, 7) is 0. The summed E-state index contributed by atoms with van der Waals surface area (Å²) in [6, 6.07) is 7.80. The third kappa shape index (κ3) is 2.21. The first-order valence-corrected chi connectivity index (χ1v) is 5.81. The molecule has 0 aliphatic heterocycles. The van der Waals surface area contributed by atoms with E-state index in [0.29, 0.717) is 0 Å². The standard InChI is InChI=1S/C12H11N7O/c13-12-16-10(17-19-12)11(20)18-15-6-7-5-14-9-4-2-1-3-8(7)9/h1-6,14H,(H,18,20)(H3,13,16,17,19)/b15-6-. The first kappa shape index (κ1) is 11.9. The van der Waals surface area contributed by atoms with Crippen LogP contribution in [-0.2, 0) is 0 Å². The molecule has 20 heavy (non-hydrogen) atoms. The van der Waals surface area contributed by atoms with Gasteiger partial charge >= 0.3 is 5.91 Å². The topological polar surface area (TPSA) is 125 Å². The summed E-state index contributed by atoms with van der Waals surface area (Å²) in [5, 5.41) is 10.9. The lowest BCUT2D eigenvalue weighted by Crippen LogP contribution is -2.19. The number of carbonyl (C=O) groups excluding carboxylic acids is 1. The quantitative estimate of drug-likeness (QED) is 0.411. The van der Waals surface area contributed by atoms with Gasteiger partial charge < -0.3 is 10.7 Å². The van der Waals surface area contributed by atoms with Crippen molar-refractivity contribution in [1.82, 2.24) is 25.6 Å². The van der Waals surface area contributed by atoms with Crippen LogP contribution in [0.1, 0.15) is 16.2 Å². The van der Waals surface area contributed by atoms with Crippen molar-refractivity contribution in [2.45, 2.75) is 0 Å². The minimum atomic E-state index is -0.509. The number of para-hydroxylation sites is 1. The summed E-state index contributed by atoms with van der Waals surface area (Å²) in [7, 11) is 0. The third-order valence-electron chi connectivity index (χ3n) is 2.71. The van der Waals surface area contributed by atoms with Gasteiger partial charge in [-0.05, 0) is 6.07 Å². The fourth-order valence-corrected chi connectivity index (χ4v) is 1.79. The van der Waals surface area contributed by atoms with Gasteiger partial charge in [0.1, 0.15) is 0 Å². The van der Waals surface area contributed by atoms with Crippen molar-refractivity contribution in [1.29, 1.82) is 0 Å². The van der Waals surface area contributed by atoms with Crippen molar-refractivity contribution >= 4 is 29.0 Å². The number of hydrazone groups is 1. The van der Waals surface area contributed by atoms with Gasteiger partial charge in [-0.3, -0.25) is 9.89 Å². The van der Waals surface area contributed by atoms with Gasteiger partial charge in [0, 0.05) is 22.7 Å². The molecule has 8 nitrogen and oxygen atoms in total. The van der Waals surface area contributed by atoms with Crippen LogP contribution in [0.25, 0.3) is 10.9 Å². The van der Waals surface area contributed by atoms with Crippen LogP contribution < -0.4 is 11.2 Å². The van der Waals surface area contributed by atoms with E-state index >= 15 is 0 Å². The summed E-state index contributed by atoms with van der Waals surface area (Å²) in [5.74, 6) is -0.486. The molecule has 8 heteroatoms. The molecule has 0 aliphatic rings. The zero-order valence-corrected chi connectivity index (χ0v) is 10.3. The minimum Gasteiger partial charge on any atom is -0.366 e. The molecule has 0 bridgehead atoms. The first-order valence-electron chi connectivity index (χ1n) is 5.81. The van der Waals surface area contributed by atoms with Gasteiger partial charge in [-0.1, -0.05) is 18.2 Å². The lowest BCUT2D eigenvalue weighted by molar-refractivity contribution is 0.0945. The second-order valence-corrected chi connectivity index (χ2v) is 4.03. The van der Waals surface area contributed by atoms with E-state index in [-0.39, 0.29) is 11.8 Å². The van der Waals surface area contributed by atoms with E-state index in [9.17, 15) is 4.79 Å². The average Bonchev–Trinajstić information content (AvgIpc) is 3.06. The predicted octanol–water partition coefficient (Wildman–Crippen LogP) is 0.632. The van der Waals surface area contributed by atoms with Crippen LogP contribution in [-0.4, -0.2) is 32.3 Å². The number of rotatable bonds is 3. The maximum Gasteiger partial charge on any atom is 0.308 e. The highest BCUT2D eigenvalue weighted by Gasteiger charge is 2.09. The van der Waals surface area contributed by atoms with Gasteiger partial charge in [-0.25, -0.2) is 5.43 Å². The van der Waals surface area contributed by atoms with Crippen molar-refractivity contribution in [3.05, 3.63) is 41.9 Å². The molecule has 100 valence electrons. The van der Waals surface area contributed by atoms with Gasteiger partial charge in [0.15, 0.2) is 0 Å². The number of carbonyl (C=O) groups is 1. The normalized spacial score (nSPS) is 11.2. The fraction of sp³-hybridized carbons (Fsp3) is 0. The number of hydrogen-bond donors (Lipinski definition) is 4. The molecule has 3 rings (SSSR count). The zero-order valence-electron chi connectivity index (χ0n) is 10.3. The molecule has 2 aromatic heterocycles. The number of hydrogen-bond acceptors (Lipinski definition) is 5. The number of nitrogens with two attached hydrogens (primary N) is 1. The Hall–Kier alpha value is -3.16. The number of nitrogens with one attached hydrogen (secondary N) is 3. The second-order valence-electron chi connectivity index (χ2n) is 4.03. The maximum atomic E-state index is 11.6. The van der Waals surface area contributed by atoms with Crippen molar-refractivity contribution in [3.8, 4) is 0 Å². The van der Waals surface area contributed by atoms with Gasteiger partial charge in [0.2, 0.25) is 11.8 Å². The van der Waals surface area contributed by atoms with E-state index in [2.05, 4.69) is 30.7 Å². The van der Waals surface area contributed by atoms with E-state index in [1.165, 1.54) is 0 Å². The lowest BCUT2D eigenvalue weighted by atomic mass is 10.2. The van der Waals surface area contributed by atoms with Crippen molar-refractivity contribution in [3.63, 3.8) is 0 Å². The first-order chi connectivity index (χ1) is 9.74. The molecule has 1 amide bonds. The fourth-order valence-electron chi connectivity index (χ4n) is 1.79. The van der Waals surface area contributed by atoms with Crippen LogP contribution in [0.2, 0.25) is 0 Å². The predicted molar refractivity (Wildman–Crippen MR) is 74.2 cm³/mol. The SMILES string of the molecule is Nc1n[nH]c(C(=O)N/N=C\c2c[nH]c3ccccc23)n1. The highest BCUT2D eigenvalue weighted by Crippen LogP contribution is 2.15. The smallest absolute Gasteiger partial charge is 0.308 e. The Bertz CT molecular complexity index is 786. The van der Waals surface area contributed by atoms with Gasteiger partial charge in [0.05, 0.1) is 6.21 Å². The zero-order chi connectivity index (χ0) is 13.9. The van der Waals surface area contributed by atoms with Crippen LogP contribution in [0, 0.1) is 0 Å². The summed E-state index contributed by atoms with van der Waals surface area (Å²) >= 11 is 0. The Morgan fingerprint density at radius 2 is 2.25 bits per heavy atom. The molecule has 5 N–H and O–H groups in total. The van der Waals surface area contributed by atoms with Crippen LogP contribution in [0.5, 0.6) is 0 Å². The van der Waals surface area contributed by atoms with Crippen molar-refractivity contribution in [2.24, 2.45) is 5.10 Å². The van der Waals surface area contributed by atoms with E-state index in [1.807, 2.05) is 30.5 Å². The lowest BCUT2D eigenvalue weighted by Gasteiger charge is -1.94. The monoisotopic (exact) mass is 269 g/mol. The van der Waals surface area contributed by atoms with Gasteiger partial charge in [0.25, 0.3) is 0 Å². The Morgan fingerprint density at radius 3 is 3.05 bits per heavy atom. The van der Waals surface area contributed by atoms with Crippen LogP contribution in [0.15, 0.2) is 35.6 Å². The van der Waals surface area contributed by atoms with E-state index in [0.717, 1.165) is 16.5 Å². The number of amides is 1. The number of nitrogen functional groups attached to an aromatic ring is 1. The van der Waals surface area contributed by atoms with Crippen molar-refractivity contribution < 1.29 is 4.79 Å².